The van der Waals surface area contributed by atoms with Gasteiger partial charge in [-0.05, 0) is 104 Å². The summed E-state index contributed by atoms with van der Waals surface area (Å²) in [5.74, 6) is 0.299. The van der Waals surface area contributed by atoms with Gasteiger partial charge >= 0.3 is 0 Å². The van der Waals surface area contributed by atoms with Gasteiger partial charge in [0.15, 0.2) is 0 Å². The fourth-order valence-electron chi connectivity index (χ4n) is 6.16. The molecule has 0 heterocycles. The second kappa shape index (κ2) is 12.8. The summed E-state index contributed by atoms with van der Waals surface area (Å²) in [5, 5.41) is 0. The first-order valence-electron chi connectivity index (χ1n) is 15.2. The number of rotatable bonds is 7. The van der Waals surface area contributed by atoms with Gasteiger partial charge in [-0.2, -0.15) is 0 Å². The standard InChI is InChI=1S/C43H34S/c1-44-43-23-11-22-39(30-43)35-18-10-21-38(26-35)42-28-40(36-19-8-16-33(24-36)31-12-4-2-5-13-31)27-41(29-42)37-20-9-17-34(25-37)32-14-6-3-7-15-32/h2-24,26-30,37H,25H2,1H3. The largest absolute Gasteiger partial charge is 0.130 e. The normalized spacial score (nSPS) is 14.3. The zero-order chi connectivity index (χ0) is 29.7. The molecule has 0 aromatic heterocycles. The fraction of sp³-hybridized carbons (Fsp3) is 0.0698. The van der Waals surface area contributed by atoms with E-state index in [1.54, 1.807) is 11.8 Å². The Morgan fingerprint density at radius 1 is 0.455 bits per heavy atom. The van der Waals surface area contributed by atoms with Crippen LogP contribution in [-0.2, 0) is 0 Å². The van der Waals surface area contributed by atoms with Crippen molar-refractivity contribution >= 4 is 17.3 Å². The minimum absolute atomic E-state index is 0.299. The Labute approximate surface area is 265 Å². The van der Waals surface area contributed by atoms with Crippen LogP contribution in [-0.4, -0.2) is 6.26 Å². The molecule has 1 aliphatic carbocycles. The highest BCUT2D eigenvalue weighted by Gasteiger charge is 2.18. The minimum Gasteiger partial charge on any atom is -0.130 e. The molecule has 212 valence electrons. The first-order chi connectivity index (χ1) is 21.7. The number of hydrogen-bond acceptors (Lipinski definition) is 1. The van der Waals surface area contributed by atoms with Gasteiger partial charge < -0.3 is 0 Å². The van der Waals surface area contributed by atoms with Crippen LogP contribution in [0.15, 0.2) is 175 Å². The van der Waals surface area contributed by atoms with Crippen LogP contribution < -0.4 is 0 Å². The summed E-state index contributed by atoms with van der Waals surface area (Å²) in [6.07, 6.45) is 9.98. The molecule has 6 aromatic rings. The molecule has 7 rings (SSSR count). The van der Waals surface area contributed by atoms with E-state index in [9.17, 15) is 0 Å². The third kappa shape index (κ3) is 6.11. The lowest BCUT2D eigenvalue weighted by Gasteiger charge is -2.21. The van der Waals surface area contributed by atoms with Crippen LogP contribution >= 0.6 is 11.8 Å². The van der Waals surface area contributed by atoms with E-state index >= 15 is 0 Å². The quantitative estimate of drug-likeness (QED) is 0.169. The fourth-order valence-corrected chi connectivity index (χ4v) is 6.62. The molecule has 0 bridgehead atoms. The molecule has 0 N–H and O–H groups in total. The maximum atomic E-state index is 2.41. The molecule has 0 nitrogen and oxygen atoms in total. The topological polar surface area (TPSA) is 0 Å². The Balaban J connectivity index is 1.32. The van der Waals surface area contributed by atoms with Crippen LogP contribution in [0.25, 0.3) is 50.1 Å². The Morgan fingerprint density at radius 2 is 0.932 bits per heavy atom. The van der Waals surface area contributed by atoms with Gasteiger partial charge in [0.1, 0.15) is 0 Å². The summed E-state index contributed by atoms with van der Waals surface area (Å²) < 4.78 is 0. The van der Waals surface area contributed by atoms with Crippen LogP contribution in [0.1, 0.15) is 23.5 Å². The van der Waals surface area contributed by atoms with E-state index in [0.717, 1.165) is 6.42 Å². The summed E-state index contributed by atoms with van der Waals surface area (Å²) >= 11 is 1.78. The van der Waals surface area contributed by atoms with Crippen molar-refractivity contribution in [3.8, 4) is 44.5 Å². The van der Waals surface area contributed by atoms with Gasteiger partial charge in [-0.15, -0.1) is 11.8 Å². The van der Waals surface area contributed by atoms with E-state index in [-0.39, 0.29) is 0 Å². The van der Waals surface area contributed by atoms with Gasteiger partial charge in [-0.25, -0.2) is 0 Å². The lowest BCUT2D eigenvalue weighted by atomic mass is 9.83. The molecule has 0 fully saturated rings. The number of allylic oxidation sites excluding steroid dienone is 4. The van der Waals surface area contributed by atoms with E-state index in [0.29, 0.717) is 5.92 Å². The third-order valence-corrected chi connectivity index (χ3v) is 9.24. The lowest BCUT2D eigenvalue weighted by Crippen LogP contribution is -2.02. The average Bonchev–Trinajstić information content (AvgIpc) is 3.12. The van der Waals surface area contributed by atoms with Gasteiger partial charge in [-0.3, -0.25) is 0 Å². The number of hydrogen-bond donors (Lipinski definition) is 0. The smallest absolute Gasteiger partial charge is 0.00752 e. The predicted octanol–water partition coefficient (Wildman–Crippen LogP) is 12.2. The predicted molar refractivity (Wildman–Crippen MR) is 191 cm³/mol. The van der Waals surface area contributed by atoms with Crippen molar-refractivity contribution in [1.82, 2.24) is 0 Å². The summed E-state index contributed by atoms with van der Waals surface area (Å²) in [5.41, 5.74) is 13.9. The van der Waals surface area contributed by atoms with Crippen molar-refractivity contribution in [3.63, 3.8) is 0 Å². The van der Waals surface area contributed by atoms with Crippen LogP contribution in [0, 0.1) is 0 Å². The SMILES string of the molecule is CSc1cccc(-c2cccc(-c3cc(-c4cccc(-c5ccccc5)c4)cc(C4C=CC=C(c5ccccc5)C4)c3)c2)c1. The molecule has 1 unspecified atom stereocenters. The Hall–Kier alpha value is -4.85. The zero-order valence-electron chi connectivity index (χ0n) is 24.9. The molecule has 0 saturated heterocycles. The maximum Gasteiger partial charge on any atom is 0.00752 e. The van der Waals surface area contributed by atoms with Gasteiger partial charge in [0.05, 0.1) is 0 Å². The molecular weight excluding hydrogens is 549 g/mol. The van der Waals surface area contributed by atoms with Crippen LogP contribution in [0.2, 0.25) is 0 Å². The molecule has 1 heteroatoms. The van der Waals surface area contributed by atoms with Crippen LogP contribution in [0.3, 0.4) is 0 Å². The maximum absolute atomic E-state index is 2.41. The molecule has 0 saturated carbocycles. The number of thioether (sulfide) groups is 1. The van der Waals surface area contributed by atoms with Crippen molar-refractivity contribution in [3.05, 3.63) is 181 Å². The van der Waals surface area contributed by atoms with E-state index in [1.165, 1.54) is 66.1 Å². The average molecular weight is 583 g/mol. The third-order valence-electron chi connectivity index (χ3n) is 8.51. The van der Waals surface area contributed by atoms with Crippen LogP contribution in [0.4, 0.5) is 0 Å². The van der Waals surface area contributed by atoms with Crippen molar-refractivity contribution in [2.24, 2.45) is 0 Å². The lowest BCUT2D eigenvalue weighted by molar-refractivity contribution is 0.868. The molecule has 0 aliphatic heterocycles. The van der Waals surface area contributed by atoms with Gasteiger partial charge in [0, 0.05) is 10.8 Å². The summed E-state index contributed by atoms with van der Waals surface area (Å²) in [6.45, 7) is 0. The molecule has 0 radical (unpaired) electrons. The minimum atomic E-state index is 0.299. The molecule has 44 heavy (non-hydrogen) atoms. The van der Waals surface area contributed by atoms with Gasteiger partial charge in [0.25, 0.3) is 0 Å². The Morgan fingerprint density at radius 3 is 1.55 bits per heavy atom. The van der Waals surface area contributed by atoms with Gasteiger partial charge in [0.2, 0.25) is 0 Å². The van der Waals surface area contributed by atoms with Gasteiger partial charge in [-0.1, -0.05) is 140 Å². The second-order valence-electron chi connectivity index (χ2n) is 11.4. The van der Waals surface area contributed by atoms with Crippen molar-refractivity contribution in [1.29, 1.82) is 0 Å². The van der Waals surface area contributed by atoms with Crippen molar-refractivity contribution in [2.45, 2.75) is 17.2 Å². The van der Waals surface area contributed by atoms with Crippen LogP contribution in [0.5, 0.6) is 0 Å². The molecule has 1 aliphatic rings. The zero-order valence-corrected chi connectivity index (χ0v) is 25.7. The highest BCUT2D eigenvalue weighted by Crippen LogP contribution is 2.39. The van der Waals surface area contributed by atoms with E-state index in [1.807, 2.05) is 0 Å². The molecule has 1 atom stereocenters. The second-order valence-corrected chi connectivity index (χ2v) is 12.2. The highest BCUT2D eigenvalue weighted by molar-refractivity contribution is 7.98. The van der Waals surface area contributed by atoms with Crippen molar-refractivity contribution < 1.29 is 0 Å². The highest BCUT2D eigenvalue weighted by atomic mass is 32.2. The molecule has 0 spiro atoms. The first kappa shape index (κ1) is 28.0. The van der Waals surface area contributed by atoms with E-state index in [2.05, 4.69) is 176 Å². The molecule has 0 amide bonds. The summed E-state index contributed by atoms with van der Waals surface area (Å²) in [4.78, 5) is 1.28. The monoisotopic (exact) mass is 582 g/mol. The first-order valence-corrected chi connectivity index (χ1v) is 16.4. The Kier molecular flexibility index (Phi) is 8.13. The summed E-state index contributed by atoms with van der Waals surface area (Å²) in [6, 6.07) is 55.4. The summed E-state index contributed by atoms with van der Waals surface area (Å²) in [7, 11) is 0. The van der Waals surface area contributed by atoms with E-state index < -0.39 is 0 Å². The Bertz CT molecular complexity index is 1960. The number of benzene rings is 6. The molecule has 6 aromatic carbocycles. The van der Waals surface area contributed by atoms with Crippen molar-refractivity contribution in [2.75, 3.05) is 6.26 Å². The van der Waals surface area contributed by atoms with E-state index in [4.69, 9.17) is 0 Å². The molecular formula is C43H34S.